The topological polar surface area (TPSA) is 65.2 Å². The minimum atomic E-state index is -0.427. The van der Waals surface area contributed by atoms with Gasteiger partial charge in [0, 0.05) is 18.1 Å². The SMILES string of the molecule is COC(=O)c1ccc(-c2ccncc2)cc1N. The normalized spacial score (nSPS) is 9.94. The van der Waals surface area contributed by atoms with Crippen molar-refractivity contribution in [3.05, 3.63) is 48.3 Å². The van der Waals surface area contributed by atoms with Crippen molar-refractivity contribution in [2.24, 2.45) is 0 Å². The molecule has 0 radical (unpaired) electrons. The Labute approximate surface area is 99.1 Å². The van der Waals surface area contributed by atoms with Crippen molar-refractivity contribution >= 4 is 11.7 Å². The molecule has 2 rings (SSSR count). The smallest absolute Gasteiger partial charge is 0.339 e. The average Bonchev–Trinajstić information content (AvgIpc) is 2.39. The first kappa shape index (κ1) is 11.1. The Kier molecular flexibility index (Phi) is 3.05. The third kappa shape index (κ3) is 2.25. The predicted molar refractivity (Wildman–Crippen MR) is 65.4 cm³/mol. The minimum absolute atomic E-state index is 0.380. The molecule has 2 aromatic rings. The lowest BCUT2D eigenvalue weighted by atomic mass is 10.0. The Morgan fingerprint density at radius 1 is 1.18 bits per heavy atom. The Hall–Kier alpha value is -2.36. The van der Waals surface area contributed by atoms with E-state index in [1.807, 2.05) is 18.2 Å². The van der Waals surface area contributed by atoms with Crippen molar-refractivity contribution in [3.8, 4) is 11.1 Å². The Morgan fingerprint density at radius 3 is 2.47 bits per heavy atom. The van der Waals surface area contributed by atoms with Crippen LogP contribution in [0.15, 0.2) is 42.7 Å². The standard InChI is InChI=1S/C13H12N2O2/c1-17-13(16)11-3-2-10(8-12(11)14)9-4-6-15-7-5-9/h2-8H,14H2,1H3. The lowest BCUT2D eigenvalue weighted by Crippen LogP contribution is -2.05. The largest absolute Gasteiger partial charge is 0.465 e. The van der Waals surface area contributed by atoms with Crippen LogP contribution >= 0.6 is 0 Å². The molecule has 0 amide bonds. The van der Waals surface area contributed by atoms with Gasteiger partial charge in [0.1, 0.15) is 0 Å². The van der Waals surface area contributed by atoms with Crippen LogP contribution in [0.3, 0.4) is 0 Å². The van der Waals surface area contributed by atoms with Crippen molar-refractivity contribution in [1.29, 1.82) is 0 Å². The van der Waals surface area contributed by atoms with Gasteiger partial charge in [0.25, 0.3) is 0 Å². The molecule has 0 spiro atoms. The van der Waals surface area contributed by atoms with E-state index in [1.54, 1.807) is 24.5 Å². The number of anilines is 1. The molecule has 0 atom stereocenters. The summed E-state index contributed by atoms with van der Waals surface area (Å²) in [7, 11) is 1.33. The van der Waals surface area contributed by atoms with E-state index in [4.69, 9.17) is 5.73 Å². The molecule has 2 N–H and O–H groups in total. The van der Waals surface area contributed by atoms with Gasteiger partial charge in [-0.05, 0) is 35.4 Å². The zero-order valence-corrected chi connectivity index (χ0v) is 9.38. The van der Waals surface area contributed by atoms with Crippen molar-refractivity contribution in [2.45, 2.75) is 0 Å². The zero-order chi connectivity index (χ0) is 12.3. The second kappa shape index (κ2) is 4.65. The lowest BCUT2D eigenvalue weighted by molar-refractivity contribution is 0.0602. The maximum atomic E-state index is 11.4. The van der Waals surface area contributed by atoms with Crippen molar-refractivity contribution in [1.82, 2.24) is 4.98 Å². The number of hydrogen-bond acceptors (Lipinski definition) is 4. The van der Waals surface area contributed by atoms with Crippen LogP contribution in [0.5, 0.6) is 0 Å². The number of nitrogens with two attached hydrogens (primary N) is 1. The van der Waals surface area contributed by atoms with Crippen LogP contribution in [-0.2, 0) is 4.74 Å². The summed E-state index contributed by atoms with van der Waals surface area (Å²) in [6.07, 6.45) is 3.42. The first-order chi connectivity index (χ1) is 8.22. The number of pyridine rings is 1. The fourth-order valence-electron chi connectivity index (χ4n) is 1.58. The van der Waals surface area contributed by atoms with Gasteiger partial charge in [-0.25, -0.2) is 4.79 Å². The lowest BCUT2D eigenvalue weighted by Gasteiger charge is -2.06. The molecule has 1 aromatic carbocycles. The highest BCUT2D eigenvalue weighted by molar-refractivity contribution is 5.96. The number of carbonyl (C=O) groups is 1. The van der Waals surface area contributed by atoms with Crippen molar-refractivity contribution in [3.63, 3.8) is 0 Å². The summed E-state index contributed by atoms with van der Waals surface area (Å²) in [4.78, 5) is 15.3. The minimum Gasteiger partial charge on any atom is -0.465 e. The average molecular weight is 228 g/mol. The number of aromatic nitrogens is 1. The number of carbonyl (C=O) groups excluding carboxylic acids is 1. The summed E-state index contributed by atoms with van der Waals surface area (Å²) >= 11 is 0. The number of methoxy groups -OCH3 is 1. The second-order valence-corrected chi connectivity index (χ2v) is 3.53. The van der Waals surface area contributed by atoms with Crippen LogP contribution in [0.4, 0.5) is 5.69 Å². The summed E-state index contributed by atoms with van der Waals surface area (Å²) in [6, 6.07) is 9.01. The van der Waals surface area contributed by atoms with E-state index >= 15 is 0 Å². The molecule has 4 nitrogen and oxygen atoms in total. The maximum absolute atomic E-state index is 11.4. The van der Waals surface area contributed by atoms with Crippen LogP contribution in [0.2, 0.25) is 0 Å². The first-order valence-corrected chi connectivity index (χ1v) is 5.10. The molecule has 0 aliphatic heterocycles. The van der Waals surface area contributed by atoms with Gasteiger partial charge >= 0.3 is 5.97 Å². The summed E-state index contributed by atoms with van der Waals surface area (Å²) < 4.78 is 4.63. The number of esters is 1. The second-order valence-electron chi connectivity index (χ2n) is 3.53. The third-order valence-corrected chi connectivity index (χ3v) is 2.47. The van der Waals surface area contributed by atoms with Crippen LogP contribution < -0.4 is 5.73 Å². The van der Waals surface area contributed by atoms with Gasteiger partial charge in [-0.1, -0.05) is 6.07 Å². The molecule has 0 bridgehead atoms. The van der Waals surface area contributed by atoms with E-state index in [2.05, 4.69) is 9.72 Å². The predicted octanol–water partition coefficient (Wildman–Crippen LogP) is 2.12. The molecule has 0 aliphatic carbocycles. The number of nitrogen functional groups attached to an aromatic ring is 1. The van der Waals surface area contributed by atoms with Crippen LogP contribution in [-0.4, -0.2) is 18.1 Å². The van der Waals surface area contributed by atoms with Gasteiger partial charge in [0.2, 0.25) is 0 Å². The Balaban J connectivity index is 2.41. The van der Waals surface area contributed by atoms with Gasteiger partial charge in [-0.2, -0.15) is 0 Å². The van der Waals surface area contributed by atoms with Crippen LogP contribution in [0.25, 0.3) is 11.1 Å². The summed E-state index contributed by atoms with van der Waals surface area (Å²) in [5.74, 6) is -0.427. The molecule has 0 fully saturated rings. The molecule has 0 saturated carbocycles. The molecular weight excluding hydrogens is 216 g/mol. The van der Waals surface area contributed by atoms with Crippen molar-refractivity contribution < 1.29 is 9.53 Å². The summed E-state index contributed by atoms with van der Waals surface area (Å²) in [5.41, 5.74) is 8.55. The fourth-order valence-corrected chi connectivity index (χ4v) is 1.58. The number of nitrogens with zero attached hydrogens (tertiary/aromatic N) is 1. The number of benzene rings is 1. The quantitative estimate of drug-likeness (QED) is 0.631. The van der Waals surface area contributed by atoms with Crippen LogP contribution in [0.1, 0.15) is 10.4 Å². The van der Waals surface area contributed by atoms with Gasteiger partial charge in [-0.15, -0.1) is 0 Å². The first-order valence-electron chi connectivity index (χ1n) is 5.10. The molecule has 1 aromatic heterocycles. The molecule has 17 heavy (non-hydrogen) atoms. The highest BCUT2D eigenvalue weighted by atomic mass is 16.5. The van der Waals surface area contributed by atoms with E-state index in [0.29, 0.717) is 11.3 Å². The van der Waals surface area contributed by atoms with E-state index in [1.165, 1.54) is 7.11 Å². The summed E-state index contributed by atoms with van der Waals surface area (Å²) in [5, 5.41) is 0. The fraction of sp³-hybridized carbons (Fsp3) is 0.0769. The van der Waals surface area contributed by atoms with E-state index in [9.17, 15) is 4.79 Å². The molecule has 0 aliphatic rings. The number of rotatable bonds is 2. The van der Waals surface area contributed by atoms with Gasteiger partial charge < -0.3 is 10.5 Å². The van der Waals surface area contributed by atoms with E-state index < -0.39 is 5.97 Å². The van der Waals surface area contributed by atoms with Gasteiger partial charge in [0.05, 0.1) is 12.7 Å². The monoisotopic (exact) mass is 228 g/mol. The zero-order valence-electron chi connectivity index (χ0n) is 9.38. The van der Waals surface area contributed by atoms with Crippen LogP contribution in [0, 0.1) is 0 Å². The van der Waals surface area contributed by atoms with E-state index in [-0.39, 0.29) is 0 Å². The Bertz CT molecular complexity index is 538. The molecule has 4 heteroatoms. The molecule has 86 valence electrons. The molecule has 0 unspecified atom stereocenters. The molecule has 0 saturated heterocycles. The summed E-state index contributed by atoms with van der Waals surface area (Å²) in [6.45, 7) is 0. The van der Waals surface area contributed by atoms with Crippen molar-refractivity contribution in [2.75, 3.05) is 12.8 Å². The van der Waals surface area contributed by atoms with Gasteiger partial charge in [-0.3, -0.25) is 4.98 Å². The highest BCUT2D eigenvalue weighted by Gasteiger charge is 2.10. The number of hydrogen-bond donors (Lipinski definition) is 1. The molecule has 1 heterocycles. The number of ether oxygens (including phenoxy) is 1. The third-order valence-electron chi connectivity index (χ3n) is 2.47. The Morgan fingerprint density at radius 2 is 1.88 bits per heavy atom. The highest BCUT2D eigenvalue weighted by Crippen LogP contribution is 2.23. The van der Waals surface area contributed by atoms with E-state index in [0.717, 1.165) is 11.1 Å². The van der Waals surface area contributed by atoms with Gasteiger partial charge in [0.15, 0.2) is 0 Å². The molecular formula is C13H12N2O2. The maximum Gasteiger partial charge on any atom is 0.339 e.